The van der Waals surface area contributed by atoms with Crippen LogP contribution in [0.2, 0.25) is 0 Å². The van der Waals surface area contributed by atoms with Gasteiger partial charge in [-0.15, -0.1) is 0 Å². The summed E-state index contributed by atoms with van der Waals surface area (Å²) in [5.41, 5.74) is 12.7. The van der Waals surface area contributed by atoms with E-state index in [9.17, 15) is 9.50 Å². The molecule has 0 spiro atoms. The Bertz CT molecular complexity index is 2770. The fourth-order valence-corrected chi connectivity index (χ4v) is 7.04. The predicted molar refractivity (Wildman–Crippen MR) is 208 cm³/mol. The lowest BCUT2D eigenvalue weighted by atomic mass is 9.97. The molecular weight excluding hydrogens is 644 g/mol. The number of hydrogen-bond acceptors (Lipinski definition) is 4. The molecule has 5 heteroatoms. The maximum absolute atomic E-state index is 14.5. The number of para-hydroxylation sites is 3. The minimum absolute atomic E-state index is 0.329. The van der Waals surface area contributed by atoms with Crippen molar-refractivity contribution in [1.82, 2.24) is 9.97 Å². The number of phenols is 1. The van der Waals surface area contributed by atoms with Crippen LogP contribution in [-0.4, -0.2) is 15.1 Å². The lowest BCUT2D eigenvalue weighted by Crippen LogP contribution is -1.94. The Labute approximate surface area is 300 Å². The average molecular weight is 675 g/mol. The van der Waals surface area contributed by atoms with E-state index in [4.69, 9.17) is 14.4 Å². The molecule has 0 atom stereocenters. The van der Waals surface area contributed by atoms with Crippen LogP contribution in [0.15, 0.2) is 168 Å². The Morgan fingerprint density at radius 2 is 0.962 bits per heavy atom. The monoisotopic (exact) mass is 674 g/mol. The Balaban J connectivity index is 1.16. The van der Waals surface area contributed by atoms with Gasteiger partial charge in [-0.25, -0.2) is 9.37 Å². The number of benzene rings is 6. The molecule has 6 aromatic carbocycles. The van der Waals surface area contributed by atoms with Crippen molar-refractivity contribution >= 4 is 21.9 Å². The minimum Gasteiger partial charge on any atom is -0.504 e. The number of aromatic nitrogens is 2. The first kappa shape index (κ1) is 31.2. The highest BCUT2D eigenvalue weighted by atomic mass is 19.1. The summed E-state index contributed by atoms with van der Waals surface area (Å²) in [6, 6.07) is 53.6. The molecule has 0 amide bonds. The molecule has 0 unspecified atom stereocenters. The fraction of sp³-hybridized carbons (Fsp3) is 0.0213. The number of aromatic hydroxyl groups is 1. The highest BCUT2D eigenvalue weighted by Crippen LogP contribution is 2.41. The summed E-state index contributed by atoms with van der Waals surface area (Å²) in [7, 11) is 0. The van der Waals surface area contributed by atoms with Gasteiger partial charge >= 0.3 is 0 Å². The number of pyridine rings is 2. The van der Waals surface area contributed by atoms with Gasteiger partial charge in [0.1, 0.15) is 11.2 Å². The molecule has 0 fully saturated rings. The van der Waals surface area contributed by atoms with Crippen LogP contribution in [0.3, 0.4) is 0 Å². The first-order valence-electron chi connectivity index (χ1n) is 17.1. The predicted octanol–water partition coefficient (Wildman–Crippen LogP) is 12.5. The highest BCUT2D eigenvalue weighted by molar-refractivity contribution is 6.13. The topological polar surface area (TPSA) is 59.2 Å². The van der Waals surface area contributed by atoms with E-state index < -0.39 is 11.6 Å². The van der Waals surface area contributed by atoms with Crippen LogP contribution in [-0.2, 0) is 0 Å². The zero-order chi connectivity index (χ0) is 35.2. The molecule has 3 heterocycles. The van der Waals surface area contributed by atoms with Gasteiger partial charge in [0, 0.05) is 44.3 Å². The molecule has 52 heavy (non-hydrogen) atoms. The minimum atomic E-state index is -0.690. The standard InChI is InChI=1S/C47H31FN2O2/c1-29-24-35(37-19-10-21-39-38-20-9-18-36(46(38)52-47(37)39)31-14-6-3-7-15-31)28-42(49-29)32-16-8-17-33(25-32)43-26-34(30-12-4-2-5-13-30)27-44(50-43)40-22-11-23-41(48)45(40)51/h2-28,51H,1H3. The lowest BCUT2D eigenvalue weighted by Gasteiger charge is -2.13. The van der Waals surface area contributed by atoms with Crippen molar-refractivity contribution < 1.29 is 13.9 Å². The second kappa shape index (κ2) is 12.8. The lowest BCUT2D eigenvalue weighted by molar-refractivity contribution is 0.434. The van der Waals surface area contributed by atoms with Crippen molar-refractivity contribution in [3.05, 3.63) is 175 Å². The highest BCUT2D eigenvalue weighted by Gasteiger charge is 2.18. The third-order valence-electron chi connectivity index (χ3n) is 9.52. The normalized spacial score (nSPS) is 11.3. The van der Waals surface area contributed by atoms with Gasteiger partial charge in [-0.05, 0) is 71.6 Å². The molecule has 9 rings (SSSR count). The van der Waals surface area contributed by atoms with Crippen molar-refractivity contribution in [2.24, 2.45) is 0 Å². The molecule has 0 bridgehead atoms. The van der Waals surface area contributed by atoms with Crippen molar-refractivity contribution in [1.29, 1.82) is 0 Å². The third-order valence-corrected chi connectivity index (χ3v) is 9.52. The van der Waals surface area contributed by atoms with Crippen LogP contribution in [0.1, 0.15) is 5.69 Å². The summed E-state index contributed by atoms with van der Waals surface area (Å²) in [4.78, 5) is 9.91. The van der Waals surface area contributed by atoms with E-state index in [1.807, 2.05) is 85.8 Å². The van der Waals surface area contributed by atoms with E-state index in [2.05, 4.69) is 66.7 Å². The van der Waals surface area contributed by atoms with Gasteiger partial charge < -0.3 is 9.52 Å². The van der Waals surface area contributed by atoms with Gasteiger partial charge in [0.05, 0.1) is 17.1 Å². The number of hydrogen-bond donors (Lipinski definition) is 1. The van der Waals surface area contributed by atoms with Crippen molar-refractivity contribution in [2.45, 2.75) is 6.92 Å². The SMILES string of the molecule is Cc1cc(-c2cccc3c2oc2c(-c4ccccc4)cccc23)cc(-c2cccc(-c3cc(-c4ccccc4)cc(-c4cccc(F)c4O)n3)c2)n1. The van der Waals surface area contributed by atoms with Gasteiger partial charge in [-0.2, -0.15) is 0 Å². The summed E-state index contributed by atoms with van der Waals surface area (Å²) in [6.45, 7) is 2.01. The van der Waals surface area contributed by atoms with E-state index in [0.717, 1.165) is 77.8 Å². The van der Waals surface area contributed by atoms with Gasteiger partial charge in [-0.3, -0.25) is 4.98 Å². The molecule has 0 saturated carbocycles. The molecule has 0 radical (unpaired) electrons. The largest absolute Gasteiger partial charge is 0.504 e. The maximum atomic E-state index is 14.5. The van der Waals surface area contributed by atoms with E-state index >= 15 is 0 Å². The molecule has 0 saturated heterocycles. The molecule has 4 nitrogen and oxygen atoms in total. The quantitative estimate of drug-likeness (QED) is 0.191. The van der Waals surface area contributed by atoms with Gasteiger partial charge in [0.15, 0.2) is 11.6 Å². The number of nitrogens with zero attached hydrogens (tertiary/aromatic N) is 2. The van der Waals surface area contributed by atoms with Gasteiger partial charge in [0.25, 0.3) is 0 Å². The van der Waals surface area contributed by atoms with Crippen molar-refractivity contribution in [3.63, 3.8) is 0 Å². The third kappa shape index (κ3) is 5.59. The van der Waals surface area contributed by atoms with E-state index in [1.165, 1.54) is 6.07 Å². The van der Waals surface area contributed by atoms with Gasteiger partial charge in [0.2, 0.25) is 0 Å². The number of fused-ring (bicyclic) bond motifs is 3. The van der Waals surface area contributed by atoms with Crippen molar-refractivity contribution in [3.8, 4) is 72.9 Å². The van der Waals surface area contributed by atoms with E-state index in [1.54, 1.807) is 12.1 Å². The zero-order valence-electron chi connectivity index (χ0n) is 28.2. The fourth-order valence-electron chi connectivity index (χ4n) is 7.04. The second-order valence-corrected chi connectivity index (χ2v) is 12.9. The Hall–Kier alpha value is -6.85. The summed E-state index contributed by atoms with van der Waals surface area (Å²) in [5.74, 6) is -1.11. The molecular formula is C47H31FN2O2. The van der Waals surface area contributed by atoms with E-state index in [-0.39, 0.29) is 0 Å². The Kier molecular flexibility index (Phi) is 7.67. The van der Waals surface area contributed by atoms with Crippen LogP contribution < -0.4 is 0 Å². The molecule has 9 aromatic rings. The Morgan fingerprint density at radius 3 is 1.65 bits per heavy atom. The number of halogens is 1. The number of phenolic OH excluding ortho intramolecular Hbond substituents is 1. The molecule has 1 N–H and O–H groups in total. The number of rotatable bonds is 6. The van der Waals surface area contributed by atoms with Crippen LogP contribution in [0.25, 0.3) is 89.1 Å². The first-order chi connectivity index (χ1) is 25.5. The van der Waals surface area contributed by atoms with Crippen LogP contribution >= 0.6 is 0 Å². The summed E-state index contributed by atoms with van der Waals surface area (Å²) < 4.78 is 21.2. The summed E-state index contributed by atoms with van der Waals surface area (Å²) >= 11 is 0. The average Bonchev–Trinajstić information content (AvgIpc) is 3.58. The number of furan rings is 1. The molecule has 0 aliphatic carbocycles. The maximum Gasteiger partial charge on any atom is 0.165 e. The summed E-state index contributed by atoms with van der Waals surface area (Å²) in [6.07, 6.45) is 0. The van der Waals surface area contributed by atoms with Crippen LogP contribution in [0.5, 0.6) is 5.75 Å². The second-order valence-electron chi connectivity index (χ2n) is 12.9. The van der Waals surface area contributed by atoms with E-state index in [0.29, 0.717) is 17.0 Å². The molecule has 3 aromatic heterocycles. The molecule has 0 aliphatic rings. The van der Waals surface area contributed by atoms with Crippen molar-refractivity contribution in [2.75, 3.05) is 0 Å². The van der Waals surface area contributed by atoms with Crippen LogP contribution in [0, 0.1) is 12.7 Å². The smallest absolute Gasteiger partial charge is 0.165 e. The van der Waals surface area contributed by atoms with Crippen LogP contribution in [0.4, 0.5) is 4.39 Å². The molecule has 248 valence electrons. The number of aryl methyl sites for hydroxylation is 1. The van der Waals surface area contributed by atoms with Gasteiger partial charge in [-0.1, -0.05) is 121 Å². The zero-order valence-corrected chi connectivity index (χ0v) is 28.2. The molecule has 0 aliphatic heterocycles. The summed E-state index contributed by atoms with van der Waals surface area (Å²) in [5, 5.41) is 12.8. The first-order valence-corrected chi connectivity index (χ1v) is 17.1. The Morgan fingerprint density at radius 1 is 0.442 bits per heavy atom.